The van der Waals surface area contributed by atoms with E-state index in [1.165, 1.54) is 12.1 Å². The molecular formula is C19H9F7N4. The summed E-state index contributed by atoms with van der Waals surface area (Å²) in [4.78, 5) is 0. The number of alkyl halides is 6. The molecule has 1 heterocycles. The summed E-state index contributed by atoms with van der Waals surface area (Å²) in [6, 6.07) is 6.40. The molecule has 0 saturated carbocycles. The van der Waals surface area contributed by atoms with Crippen molar-refractivity contribution >= 4 is 12.2 Å². The molecule has 0 aliphatic heterocycles. The van der Waals surface area contributed by atoms with Gasteiger partial charge in [-0.05, 0) is 42.0 Å². The quantitative estimate of drug-likeness (QED) is 0.432. The smallest absolute Gasteiger partial charge is 0.206 e. The summed E-state index contributed by atoms with van der Waals surface area (Å²) in [5, 5.41) is 18.6. The van der Waals surface area contributed by atoms with Crippen molar-refractivity contribution in [2.45, 2.75) is 12.4 Å². The Labute approximate surface area is 164 Å². The number of nitrogens with zero attached hydrogens (tertiary/aromatic N) is 3. The second-order valence-electron chi connectivity index (χ2n) is 6.04. The molecule has 1 aromatic heterocycles. The molecule has 2 aromatic carbocycles. The second-order valence-corrected chi connectivity index (χ2v) is 6.04. The van der Waals surface area contributed by atoms with Crippen molar-refractivity contribution in [2.75, 3.05) is 0 Å². The topological polar surface area (TPSA) is 65.4 Å². The van der Waals surface area contributed by atoms with Gasteiger partial charge in [0.25, 0.3) is 0 Å². The van der Waals surface area contributed by atoms with E-state index in [9.17, 15) is 30.7 Å². The molecule has 4 nitrogen and oxygen atoms in total. The molecule has 0 atom stereocenters. The highest BCUT2D eigenvalue weighted by atomic mass is 19.4. The molecule has 1 N–H and O–H groups in total. The Bertz CT molecular complexity index is 1120. The molecule has 0 aliphatic rings. The summed E-state index contributed by atoms with van der Waals surface area (Å²) in [5.41, 5.74) is -3.18. The Hall–Kier alpha value is -3.68. The van der Waals surface area contributed by atoms with Crippen LogP contribution in [0.1, 0.15) is 27.9 Å². The summed E-state index contributed by atoms with van der Waals surface area (Å²) >= 11 is 0. The second kappa shape index (κ2) is 7.62. The molecule has 0 saturated heterocycles. The number of benzene rings is 2. The molecular weight excluding hydrogens is 417 g/mol. The van der Waals surface area contributed by atoms with E-state index in [0.717, 1.165) is 18.2 Å². The van der Waals surface area contributed by atoms with E-state index >= 15 is 0 Å². The molecule has 0 aliphatic carbocycles. The first-order valence-corrected chi connectivity index (χ1v) is 8.07. The van der Waals surface area contributed by atoms with E-state index in [-0.39, 0.29) is 28.6 Å². The highest BCUT2D eigenvalue weighted by molar-refractivity contribution is 5.74. The standard InChI is InChI=1S/C19H9F7N4/c20-15-4-3-12(17-16(9-27)28-30-29-17)7-11(15)2-1-10-5-13(18(21,22)23)8-14(6-10)19(24,25)26/h1-8H,(H,28,29,30)/b2-1+. The third-order valence-electron chi connectivity index (χ3n) is 3.99. The van der Waals surface area contributed by atoms with E-state index < -0.39 is 34.9 Å². The van der Waals surface area contributed by atoms with Crippen LogP contribution in [0.25, 0.3) is 23.4 Å². The van der Waals surface area contributed by atoms with Crippen LogP contribution in [0, 0.1) is 17.1 Å². The highest BCUT2D eigenvalue weighted by Crippen LogP contribution is 2.36. The van der Waals surface area contributed by atoms with Crippen LogP contribution in [0.5, 0.6) is 0 Å². The van der Waals surface area contributed by atoms with Crippen LogP contribution in [0.3, 0.4) is 0 Å². The summed E-state index contributed by atoms with van der Waals surface area (Å²) in [6.45, 7) is 0. The Morgan fingerprint density at radius 3 is 2.07 bits per heavy atom. The summed E-state index contributed by atoms with van der Waals surface area (Å²) < 4.78 is 91.8. The SMILES string of the molecule is N#Cc1n[nH]nc1-c1ccc(F)c(/C=C/c2cc(C(F)(F)F)cc(C(F)(F)F)c2)c1. The summed E-state index contributed by atoms with van der Waals surface area (Å²) in [7, 11) is 0. The first-order chi connectivity index (χ1) is 14.0. The van der Waals surface area contributed by atoms with Crippen molar-refractivity contribution in [2.24, 2.45) is 0 Å². The van der Waals surface area contributed by atoms with Gasteiger partial charge in [0, 0.05) is 11.1 Å². The van der Waals surface area contributed by atoms with Gasteiger partial charge in [-0.2, -0.15) is 41.9 Å². The zero-order valence-corrected chi connectivity index (χ0v) is 14.6. The lowest BCUT2D eigenvalue weighted by atomic mass is 10.0. The van der Waals surface area contributed by atoms with Gasteiger partial charge in [0.1, 0.15) is 17.6 Å². The van der Waals surface area contributed by atoms with Gasteiger partial charge in [-0.3, -0.25) is 0 Å². The number of nitriles is 1. The Balaban J connectivity index is 2.04. The molecule has 0 unspecified atom stereocenters. The van der Waals surface area contributed by atoms with Gasteiger partial charge in [-0.25, -0.2) is 4.39 Å². The molecule has 0 fully saturated rings. The van der Waals surface area contributed by atoms with Gasteiger partial charge in [0.15, 0.2) is 5.69 Å². The number of halogens is 7. The average Bonchev–Trinajstić information content (AvgIpc) is 3.14. The predicted octanol–water partition coefficient (Wildman–Crippen LogP) is 5.69. The average molecular weight is 426 g/mol. The van der Waals surface area contributed by atoms with Crippen LogP contribution in [0.2, 0.25) is 0 Å². The lowest BCUT2D eigenvalue weighted by Gasteiger charge is -2.13. The van der Waals surface area contributed by atoms with Gasteiger partial charge >= 0.3 is 12.4 Å². The van der Waals surface area contributed by atoms with Crippen molar-refractivity contribution in [1.29, 1.82) is 5.26 Å². The Kier molecular flexibility index (Phi) is 5.35. The Morgan fingerprint density at radius 1 is 0.867 bits per heavy atom. The maximum atomic E-state index is 14.1. The zero-order valence-electron chi connectivity index (χ0n) is 14.6. The van der Waals surface area contributed by atoms with E-state index in [4.69, 9.17) is 5.26 Å². The number of aromatic nitrogens is 3. The molecule has 154 valence electrons. The van der Waals surface area contributed by atoms with Crippen LogP contribution in [0.4, 0.5) is 30.7 Å². The number of H-pyrrole nitrogens is 1. The van der Waals surface area contributed by atoms with E-state index in [1.54, 1.807) is 6.07 Å². The fourth-order valence-corrected chi connectivity index (χ4v) is 2.59. The molecule has 0 amide bonds. The molecule has 30 heavy (non-hydrogen) atoms. The third-order valence-corrected chi connectivity index (χ3v) is 3.99. The number of hydrogen-bond donors (Lipinski definition) is 1. The lowest BCUT2D eigenvalue weighted by Crippen LogP contribution is -2.11. The maximum absolute atomic E-state index is 14.1. The Morgan fingerprint density at radius 2 is 1.50 bits per heavy atom. The minimum absolute atomic E-state index is 0.00649. The first-order valence-electron chi connectivity index (χ1n) is 8.07. The molecule has 0 spiro atoms. The van der Waals surface area contributed by atoms with E-state index in [1.807, 2.05) is 0 Å². The van der Waals surface area contributed by atoms with Crippen molar-refractivity contribution in [3.63, 3.8) is 0 Å². The van der Waals surface area contributed by atoms with Crippen molar-refractivity contribution in [1.82, 2.24) is 15.4 Å². The fraction of sp³-hybridized carbons (Fsp3) is 0.105. The normalized spacial score (nSPS) is 12.3. The van der Waals surface area contributed by atoms with Crippen LogP contribution >= 0.6 is 0 Å². The minimum atomic E-state index is -4.99. The largest absolute Gasteiger partial charge is 0.416 e. The molecule has 0 bridgehead atoms. The minimum Gasteiger partial charge on any atom is -0.206 e. The van der Waals surface area contributed by atoms with Crippen LogP contribution in [-0.4, -0.2) is 15.4 Å². The zero-order chi connectivity index (χ0) is 22.1. The van der Waals surface area contributed by atoms with Crippen molar-refractivity contribution in [3.8, 4) is 17.3 Å². The molecule has 3 aromatic rings. The monoisotopic (exact) mass is 426 g/mol. The van der Waals surface area contributed by atoms with Gasteiger partial charge in [0.2, 0.25) is 0 Å². The van der Waals surface area contributed by atoms with Crippen LogP contribution in [0.15, 0.2) is 36.4 Å². The number of nitrogens with one attached hydrogen (secondary N) is 1. The fourth-order valence-electron chi connectivity index (χ4n) is 2.59. The van der Waals surface area contributed by atoms with Crippen LogP contribution < -0.4 is 0 Å². The molecule has 11 heteroatoms. The van der Waals surface area contributed by atoms with Gasteiger partial charge < -0.3 is 0 Å². The van der Waals surface area contributed by atoms with Crippen LogP contribution in [-0.2, 0) is 12.4 Å². The van der Waals surface area contributed by atoms with E-state index in [2.05, 4.69) is 15.4 Å². The van der Waals surface area contributed by atoms with Crippen molar-refractivity contribution in [3.05, 3.63) is 70.2 Å². The molecule has 0 radical (unpaired) electrons. The first kappa shape index (κ1) is 21.0. The highest BCUT2D eigenvalue weighted by Gasteiger charge is 2.36. The van der Waals surface area contributed by atoms with Gasteiger partial charge in [-0.15, -0.1) is 5.10 Å². The van der Waals surface area contributed by atoms with Crippen molar-refractivity contribution < 1.29 is 30.7 Å². The lowest BCUT2D eigenvalue weighted by molar-refractivity contribution is -0.143. The number of aromatic amines is 1. The third kappa shape index (κ3) is 4.48. The summed E-state index contributed by atoms with van der Waals surface area (Å²) in [6.07, 6.45) is -8.02. The maximum Gasteiger partial charge on any atom is 0.416 e. The number of hydrogen-bond acceptors (Lipinski definition) is 3. The van der Waals surface area contributed by atoms with Gasteiger partial charge in [-0.1, -0.05) is 12.2 Å². The number of rotatable bonds is 3. The predicted molar refractivity (Wildman–Crippen MR) is 91.9 cm³/mol. The van der Waals surface area contributed by atoms with Gasteiger partial charge in [0.05, 0.1) is 11.1 Å². The van der Waals surface area contributed by atoms with E-state index in [0.29, 0.717) is 12.1 Å². The summed E-state index contributed by atoms with van der Waals surface area (Å²) in [5.74, 6) is -0.778. The molecule has 3 rings (SSSR count).